The zero-order valence-corrected chi connectivity index (χ0v) is 10.3. The predicted molar refractivity (Wildman–Crippen MR) is 64.7 cm³/mol. The van der Waals surface area contributed by atoms with Crippen LogP contribution in [0, 0.1) is 0 Å². The largest absolute Gasteiger partial charge is 0.320 e. The SMILES string of the molecule is O=C(Nc1ccccc1Cl)C(Cl)=C(Cl)Cl. The lowest BCUT2D eigenvalue weighted by Gasteiger charge is -2.05. The Balaban J connectivity index is 2.85. The number of carbonyl (C=O) groups excluding carboxylic acids is 1. The molecule has 0 aliphatic rings. The Morgan fingerprint density at radius 3 is 2.27 bits per heavy atom. The van der Waals surface area contributed by atoms with E-state index in [1.807, 2.05) is 0 Å². The average Bonchev–Trinajstić information content (AvgIpc) is 2.20. The smallest absolute Gasteiger partial charge is 0.269 e. The van der Waals surface area contributed by atoms with Crippen LogP contribution >= 0.6 is 46.4 Å². The first kappa shape index (κ1) is 12.7. The van der Waals surface area contributed by atoms with E-state index in [0.717, 1.165) is 0 Å². The lowest BCUT2D eigenvalue weighted by molar-refractivity contribution is -0.112. The first-order valence-electron chi connectivity index (χ1n) is 3.79. The zero-order valence-electron chi connectivity index (χ0n) is 7.23. The van der Waals surface area contributed by atoms with Gasteiger partial charge in [-0.15, -0.1) is 0 Å². The molecule has 0 aromatic heterocycles. The summed E-state index contributed by atoms with van der Waals surface area (Å²) in [6, 6.07) is 6.73. The van der Waals surface area contributed by atoms with Crippen molar-refractivity contribution in [2.75, 3.05) is 5.32 Å². The average molecular weight is 285 g/mol. The van der Waals surface area contributed by atoms with Crippen LogP contribution < -0.4 is 5.32 Å². The van der Waals surface area contributed by atoms with Crippen molar-refractivity contribution in [1.82, 2.24) is 0 Å². The van der Waals surface area contributed by atoms with Gasteiger partial charge in [-0.25, -0.2) is 0 Å². The second-order valence-electron chi connectivity index (χ2n) is 2.51. The van der Waals surface area contributed by atoms with Gasteiger partial charge >= 0.3 is 0 Å². The van der Waals surface area contributed by atoms with Crippen molar-refractivity contribution < 1.29 is 4.79 Å². The van der Waals surface area contributed by atoms with Crippen LogP contribution in [0.2, 0.25) is 5.02 Å². The summed E-state index contributed by atoms with van der Waals surface area (Å²) in [6.07, 6.45) is 0. The van der Waals surface area contributed by atoms with Crippen LogP contribution in [0.3, 0.4) is 0 Å². The molecule has 6 heteroatoms. The summed E-state index contributed by atoms with van der Waals surface area (Å²) in [5, 5.41) is 2.59. The summed E-state index contributed by atoms with van der Waals surface area (Å²) >= 11 is 22.0. The number of amides is 1. The van der Waals surface area contributed by atoms with E-state index in [-0.39, 0.29) is 9.52 Å². The van der Waals surface area contributed by atoms with Gasteiger partial charge in [-0.05, 0) is 12.1 Å². The van der Waals surface area contributed by atoms with Crippen LogP contribution in [-0.2, 0) is 4.79 Å². The highest BCUT2D eigenvalue weighted by atomic mass is 35.5. The van der Waals surface area contributed by atoms with E-state index in [1.165, 1.54) is 0 Å². The molecule has 0 unspecified atom stereocenters. The number of halogens is 4. The zero-order chi connectivity index (χ0) is 11.4. The summed E-state index contributed by atoms with van der Waals surface area (Å²) in [5.41, 5.74) is 0.442. The van der Waals surface area contributed by atoms with Crippen LogP contribution in [-0.4, -0.2) is 5.91 Å². The fraction of sp³-hybridized carbons (Fsp3) is 0. The number of nitrogens with one attached hydrogen (secondary N) is 1. The van der Waals surface area contributed by atoms with Crippen molar-refractivity contribution >= 4 is 58.0 Å². The van der Waals surface area contributed by atoms with Crippen LogP contribution in [0.1, 0.15) is 0 Å². The molecule has 1 rings (SSSR count). The van der Waals surface area contributed by atoms with Crippen molar-refractivity contribution in [3.05, 3.63) is 38.8 Å². The molecule has 0 radical (unpaired) electrons. The van der Waals surface area contributed by atoms with E-state index in [4.69, 9.17) is 46.4 Å². The maximum Gasteiger partial charge on any atom is 0.269 e. The van der Waals surface area contributed by atoms with Gasteiger partial charge in [-0.2, -0.15) is 0 Å². The maximum atomic E-state index is 11.4. The first-order valence-corrected chi connectivity index (χ1v) is 5.30. The minimum Gasteiger partial charge on any atom is -0.320 e. The van der Waals surface area contributed by atoms with Gasteiger partial charge in [0.05, 0.1) is 10.7 Å². The number of benzene rings is 1. The maximum absolute atomic E-state index is 11.4. The number of rotatable bonds is 2. The molecule has 0 bridgehead atoms. The van der Waals surface area contributed by atoms with Gasteiger partial charge in [0.1, 0.15) is 9.52 Å². The fourth-order valence-electron chi connectivity index (χ4n) is 0.826. The molecule has 1 aromatic carbocycles. The molecule has 0 atom stereocenters. The fourth-order valence-corrected chi connectivity index (χ4v) is 1.23. The summed E-state index contributed by atoms with van der Waals surface area (Å²) in [7, 11) is 0. The Morgan fingerprint density at radius 1 is 1.13 bits per heavy atom. The van der Waals surface area contributed by atoms with Crippen molar-refractivity contribution in [1.29, 1.82) is 0 Å². The third kappa shape index (κ3) is 3.58. The number of hydrogen-bond acceptors (Lipinski definition) is 1. The lowest BCUT2D eigenvalue weighted by Crippen LogP contribution is -2.12. The van der Waals surface area contributed by atoms with Gasteiger partial charge in [0.25, 0.3) is 5.91 Å². The molecule has 1 N–H and O–H groups in total. The molecule has 0 saturated carbocycles. The molecule has 1 amide bonds. The summed E-state index contributed by atoms with van der Waals surface area (Å²) in [6.45, 7) is 0. The number of carbonyl (C=O) groups is 1. The highest BCUT2D eigenvalue weighted by Crippen LogP contribution is 2.23. The Bertz CT molecular complexity index is 412. The molecule has 80 valence electrons. The van der Waals surface area contributed by atoms with Crippen LogP contribution in [0.4, 0.5) is 5.69 Å². The molecule has 0 aliphatic heterocycles. The highest BCUT2D eigenvalue weighted by molar-refractivity contribution is 6.63. The molecule has 0 spiro atoms. The molecule has 15 heavy (non-hydrogen) atoms. The number of hydrogen-bond donors (Lipinski definition) is 1. The lowest BCUT2D eigenvalue weighted by atomic mass is 10.3. The Labute approximate surface area is 107 Å². The van der Waals surface area contributed by atoms with Crippen molar-refractivity contribution in [2.24, 2.45) is 0 Å². The van der Waals surface area contributed by atoms with Gasteiger partial charge in [-0.1, -0.05) is 58.5 Å². The van der Waals surface area contributed by atoms with Crippen molar-refractivity contribution in [3.8, 4) is 0 Å². The Morgan fingerprint density at radius 2 is 1.73 bits per heavy atom. The molecule has 0 saturated heterocycles. The molecular formula is C9H5Cl4NO. The van der Waals surface area contributed by atoms with Gasteiger partial charge in [-0.3, -0.25) is 4.79 Å². The molecular weight excluding hydrogens is 280 g/mol. The van der Waals surface area contributed by atoms with Gasteiger partial charge in [0.2, 0.25) is 0 Å². The predicted octanol–water partition coefficient (Wildman–Crippen LogP) is 4.16. The van der Waals surface area contributed by atoms with Gasteiger partial charge < -0.3 is 5.32 Å². The molecule has 0 fully saturated rings. The normalized spacial score (nSPS) is 9.60. The molecule has 1 aromatic rings. The topological polar surface area (TPSA) is 29.1 Å². The second-order valence-corrected chi connectivity index (χ2v) is 4.24. The third-order valence-corrected chi connectivity index (χ3v) is 2.75. The second kappa shape index (κ2) is 5.61. The van der Waals surface area contributed by atoms with E-state index >= 15 is 0 Å². The molecule has 2 nitrogen and oxygen atoms in total. The van der Waals surface area contributed by atoms with Gasteiger partial charge in [0.15, 0.2) is 0 Å². The van der Waals surface area contributed by atoms with E-state index in [1.54, 1.807) is 24.3 Å². The number of anilines is 1. The molecule has 0 heterocycles. The standard InChI is InChI=1S/C9H5Cl4NO/c10-5-3-1-2-4-6(5)14-9(15)7(11)8(12)13/h1-4H,(H,14,15). The van der Waals surface area contributed by atoms with E-state index in [2.05, 4.69) is 5.32 Å². The summed E-state index contributed by atoms with van der Waals surface area (Å²) in [5.74, 6) is -0.607. The van der Waals surface area contributed by atoms with E-state index in [0.29, 0.717) is 10.7 Å². The highest BCUT2D eigenvalue weighted by Gasteiger charge is 2.11. The minimum atomic E-state index is -0.607. The Hall–Kier alpha value is -0.410. The quantitative estimate of drug-likeness (QED) is 0.812. The first-order chi connectivity index (χ1) is 7.02. The van der Waals surface area contributed by atoms with Crippen LogP contribution in [0.5, 0.6) is 0 Å². The van der Waals surface area contributed by atoms with E-state index < -0.39 is 5.91 Å². The van der Waals surface area contributed by atoms with Crippen LogP contribution in [0.15, 0.2) is 33.8 Å². The minimum absolute atomic E-state index is 0.279. The molecule has 0 aliphatic carbocycles. The van der Waals surface area contributed by atoms with Crippen LogP contribution in [0.25, 0.3) is 0 Å². The number of para-hydroxylation sites is 1. The summed E-state index contributed by atoms with van der Waals surface area (Å²) in [4.78, 5) is 11.4. The Kier molecular flexibility index (Phi) is 4.74. The van der Waals surface area contributed by atoms with Gasteiger partial charge in [0, 0.05) is 0 Å². The third-order valence-electron chi connectivity index (χ3n) is 1.49. The monoisotopic (exact) mass is 283 g/mol. The van der Waals surface area contributed by atoms with Crippen molar-refractivity contribution in [3.63, 3.8) is 0 Å². The van der Waals surface area contributed by atoms with E-state index in [9.17, 15) is 4.79 Å². The summed E-state index contributed by atoms with van der Waals surface area (Å²) < 4.78 is -0.291. The van der Waals surface area contributed by atoms with Crippen molar-refractivity contribution in [2.45, 2.75) is 0 Å².